The molecule has 3 aliphatic rings. The molecule has 5 rings (SSSR count). The third kappa shape index (κ3) is 3.13. The second-order valence-corrected chi connectivity index (χ2v) is 11.0. The maximum atomic E-state index is 13.8. The number of ether oxygens (including phenoxy) is 2. The predicted molar refractivity (Wildman–Crippen MR) is 136 cm³/mol. The summed E-state index contributed by atoms with van der Waals surface area (Å²) in [6.07, 6.45) is 1.30. The summed E-state index contributed by atoms with van der Waals surface area (Å²) in [5.41, 5.74) is -0.636. The van der Waals surface area contributed by atoms with Crippen molar-refractivity contribution in [3.8, 4) is 17.2 Å². The van der Waals surface area contributed by atoms with Crippen molar-refractivity contribution in [1.82, 2.24) is 13.9 Å². The molecule has 196 valence electrons. The quantitative estimate of drug-likeness (QED) is 0.430. The van der Waals surface area contributed by atoms with E-state index in [2.05, 4.69) is 0 Å². The Morgan fingerprint density at radius 3 is 2.11 bits per heavy atom. The van der Waals surface area contributed by atoms with Gasteiger partial charge in [0, 0.05) is 37.1 Å². The van der Waals surface area contributed by atoms with Crippen LogP contribution >= 0.6 is 46.4 Å². The Kier molecular flexibility index (Phi) is 5.91. The lowest BCUT2D eigenvalue weighted by atomic mass is 9.59. The van der Waals surface area contributed by atoms with E-state index >= 15 is 0 Å². The van der Waals surface area contributed by atoms with Gasteiger partial charge in [-0.2, -0.15) is 0 Å². The molecule has 1 aromatic carbocycles. The van der Waals surface area contributed by atoms with Crippen molar-refractivity contribution in [1.29, 1.82) is 0 Å². The number of alkyl halides is 2. The van der Waals surface area contributed by atoms with E-state index in [9.17, 15) is 24.3 Å². The van der Waals surface area contributed by atoms with Crippen LogP contribution in [0.3, 0.4) is 0 Å². The molecule has 0 amide bonds. The molecule has 14 heteroatoms. The number of aromatic nitrogens is 3. The monoisotopic (exact) mass is 589 g/mol. The van der Waals surface area contributed by atoms with Gasteiger partial charge >= 0.3 is 11.4 Å². The molecule has 1 saturated carbocycles. The maximum Gasteiger partial charge on any atom is 0.347 e. The SMILES string of the molecule is COc1cc(O)cc(OC)c1[C@H]1C2=CCn3c(=O)n(C)c(=O)n3[C@@H]2C[C@@]2(Cl)C(=O)C(Cl)=C(Cl)C(=O)[C@@]12Cl. The zero-order chi connectivity index (χ0) is 27.2. The standard InChI is InChI=1S/C23H19Cl4N3O7/c1-28-20(34)29-5-4-10-11(30(29)21(28)35)8-22(26)18(32)16(24)17(25)19(33)23(22,27)15(10)14-12(36-2)6-9(31)7-13(14)37-3/h4,6-7,11,15,31H,5,8H2,1-3H3/t11-,15-,22-,23+/m1/s1. The normalized spacial score (nSPS) is 28.9. The van der Waals surface area contributed by atoms with Gasteiger partial charge in [0.05, 0.1) is 26.8 Å². The zero-order valence-electron chi connectivity index (χ0n) is 19.6. The number of methoxy groups -OCH3 is 2. The van der Waals surface area contributed by atoms with Crippen LogP contribution in [0.15, 0.2) is 43.4 Å². The highest BCUT2D eigenvalue weighted by Gasteiger charge is 2.72. The van der Waals surface area contributed by atoms with Crippen LogP contribution < -0.4 is 20.9 Å². The van der Waals surface area contributed by atoms with Crippen molar-refractivity contribution in [2.24, 2.45) is 7.05 Å². The first-order valence-electron chi connectivity index (χ1n) is 10.9. The van der Waals surface area contributed by atoms with Gasteiger partial charge < -0.3 is 14.6 Å². The van der Waals surface area contributed by atoms with Gasteiger partial charge in [0.15, 0.2) is 11.6 Å². The van der Waals surface area contributed by atoms with Crippen LogP contribution in [0.2, 0.25) is 0 Å². The van der Waals surface area contributed by atoms with Crippen LogP contribution in [0.1, 0.15) is 23.9 Å². The first-order valence-corrected chi connectivity index (χ1v) is 12.4. The predicted octanol–water partition coefficient (Wildman–Crippen LogP) is 2.54. The van der Waals surface area contributed by atoms with E-state index in [0.29, 0.717) is 5.57 Å². The molecule has 1 aliphatic heterocycles. The lowest BCUT2D eigenvalue weighted by molar-refractivity contribution is -0.128. The number of phenolic OH excluding ortho intramolecular Hbond substituents is 1. The highest BCUT2D eigenvalue weighted by Crippen LogP contribution is 2.65. The Hall–Kier alpha value is -2.66. The Bertz CT molecular complexity index is 1560. The molecule has 2 heterocycles. The van der Waals surface area contributed by atoms with E-state index in [4.69, 9.17) is 55.9 Å². The molecule has 0 bridgehead atoms. The number of aromatic hydroxyl groups is 1. The summed E-state index contributed by atoms with van der Waals surface area (Å²) in [7, 11) is 3.99. The number of allylic oxidation sites excluding steroid dienone is 4. The van der Waals surface area contributed by atoms with E-state index < -0.39 is 54.7 Å². The largest absolute Gasteiger partial charge is 0.508 e. The van der Waals surface area contributed by atoms with Gasteiger partial charge in [0.1, 0.15) is 37.1 Å². The number of hydrogen-bond acceptors (Lipinski definition) is 7. The van der Waals surface area contributed by atoms with E-state index in [1.165, 1.54) is 42.8 Å². The average Bonchev–Trinajstić information content (AvgIpc) is 3.10. The fraction of sp³-hybridized carbons (Fsp3) is 0.391. The topological polar surface area (TPSA) is 122 Å². The average molecular weight is 591 g/mol. The van der Waals surface area contributed by atoms with Crippen molar-refractivity contribution < 1.29 is 24.2 Å². The number of halogens is 4. The first kappa shape index (κ1) is 26.0. The number of phenols is 1. The number of rotatable bonds is 3. The number of benzene rings is 1. The number of carbonyl (C=O) groups excluding carboxylic acids is 2. The molecule has 10 nitrogen and oxygen atoms in total. The van der Waals surface area contributed by atoms with E-state index in [1.54, 1.807) is 6.08 Å². The number of carbonyl (C=O) groups is 2. The van der Waals surface area contributed by atoms with Gasteiger partial charge in [0.25, 0.3) is 0 Å². The molecule has 0 unspecified atom stereocenters. The number of hydrogen-bond donors (Lipinski definition) is 1. The summed E-state index contributed by atoms with van der Waals surface area (Å²) in [5, 5.41) is 9.08. The van der Waals surface area contributed by atoms with Crippen LogP contribution in [0.25, 0.3) is 0 Å². The highest BCUT2D eigenvalue weighted by molar-refractivity contribution is 6.66. The first-order chi connectivity index (χ1) is 17.3. The van der Waals surface area contributed by atoms with Crippen molar-refractivity contribution in [2.45, 2.75) is 34.7 Å². The van der Waals surface area contributed by atoms with Gasteiger partial charge in [-0.05, 0) is 5.57 Å². The van der Waals surface area contributed by atoms with Crippen molar-refractivity contribution in [2.75, 3.05) is 14.2 Å². The van der Waals surface area contributed by atoms with Gasteiger partial charge in [-0.15, -0.1) is 23.2 Å². The van der Waals surface area contributed by atoms with Crippen LogP contribution in [-0.4, -0.2) is 54.6 Å². The Morgan fingerprint density at radius 1 is 0.973 bits per heavy atom. The molecular formula is C23H19Cl4N3O7. The summed E-state index contributed by atoms with van der Waals surface area (Å²) in [6.45, 7) is -0.0331. The minimum absolute atomic E-state index is 0.0331. The van der Waals surface area contributed by atoms with Crippen molar-refractivity contribution >= 4 is 58.0 Å². The van der Waals surface area contributed by atoms with E-state index in [-0.39, 0.29) is 35.8 Å². The molecule has 2 aromatic rings. The summed E-state index contributed by atoms with van der Waals surface area (Å²) in [4.78, 5) is 48.8. The van der Waals surface area contributed by atoms with Gasteiger partial charge in [-0.1, -0.05) is 29.3 Å². The smallest absolute Gasteiger partial charge is 0.347 e. The van der Waals surface area contributed by atoms with Crippen molar-refractivity contribution in [3.05, 3.63) is 60.4 Å². The molecule has 1 fully saturated rings. The summed E-state index contributed by atoms with van der Waals surface area (Å²) in [6, 6.07) is 1.59. The summed E-state index contributed by atoms with van der Waals surface area (Å²) < 4.78 is 14.4. The van der Waals surface area contributed by atoms with Crippen LogP contribution in [0.5, 0.6) is 17.2 Å². The third-order valence-corrected chi connectivity index (χ3v) is 9.56. The molecule has 0 saturated heterocycles. The van der Waals surface area contributed by atoms with Gasteiger partial charge in [0.2, 0.25) is 0 Å². The number of Topliss-reactive ketones (excluding diaryl/α,β-unsaturated/α-hetero) is 2. The molecular weight excluding hydrogens is 572 g/mol. The molecule has 0 radical (unpaired) electrons. The number of nitrogens with zero attached hydrogens (tertiary/aromatic N) is 3. The highest BCUT2D eigenvalue weighted by atomic mass is 35.5. The molecule has 0 spiro atoms. The minimum Gasteiger partial charge on any atom is -0.508 e. The number of fused-ring (bicyclic) bond motifs is 4. The Morgan fingerprint density at radius 2 is 1.54 bits per heavy atom. The second kappa shape index (κ2) is 8.42. The second-order valence-electron chi connectivity index (χ2n) is 8.97. The van der Waals surface area contributed by atoms with Gasteiger partial charge in [-0.3, -0.25) is 9.59 Å². The van der Waals surface area contributed by atoms with Crippen LogP contribution in [-0.2, 0) is 23.2 Å². The van der Waals surface area contributed by atoms with Gasteiger partial charge in [-0.25, -0.2) is 23.5 Å². The lowest BCUT2D eigenvalue weighted by Gasteiger charge is -2.54. The van der Waals surface area contributed by atoms with E-state index in [0.717, 1.165) is 4.57 Å². The summed E-state index contributed by atoms with van der Waals surface area (Å²) in [5.74, 6) is -3.13. The van der Waals surface area contributed by atoms with Crippen LogP contribution in [0.4, 0.5) is 0 Å². The Balaban J connectivity index is 1.92. The zero-order valence-corrected chi connectivity index (χ0v) is 22.6. The number of ketones is 2. The lowest BCUT2D eigenvalue weighted by Crippen LogP contribution is -2.67. The fourth-order valence-electron chi connectivity index (χ4n) is 5.61. The maximum absolute atomic E-state index is 13.8. The van der Waals surface area contributed by atoms with Crippen LogP contribution in [0, 0.1) is 0 Å². The molecule has 37 heavy (non-hydrogen) atoms. The summed E-state index contributed by atoms with van der Waals surface area (Å²) >= 11 is 26.6. The fourth-order valence-corrected chi connectivity index (χ4v) is 7.11. The Labute approximate surface area is 229 Å². The molecule has 1 N–H and O–H groups in total. The third-order valence-electron chi connectivity index (χ3n) is 7.31. The molecule has 2 aliphatic carbocycles. The van der Waals surface area contributed by atoms with Crippen molar-refractivity contribution in [3.63, 3.8) is 0 Å². The van der Waals surface area contributed by atoms with E-state index in [1.807, 2.05) is 0 Å². The molecule has 4 atom stereocenters. The minimum atomic E-state index is -2.25. The molecule has 1 aromatic heterocycles.